The third-order valence-corrected chi connectivity index (χ3v) is 2.79. The van der Waals surface area contributed by atoms with Gasteiger partial charge < -0.3 is 10.0 Å². The van der Waals surface area contributed by atoms with Crippen molar-refractivity contribution >= 4 is 17.6 Å². The lowest BCUT2D eigenvalue weighted by Crippen LogP contribution is -2.29. The van der Waals surface area contributed by atoms with E-state index < -0.39 is 11.9 Å². The molecule has 5 nitrogen and oxygen atoms in total. The molecule has 1 amide bonds. The molecule has 1 heterocycles. The van der Waals surface area contributed by atoms with Gasteiger partial charge in [0, 0.05) is 13.2 Å². The number of carbonyl (C=O) groups is 2. The van der Waals surface area contributed by atoms with E-state index in [-0.39, 0.29) is 11.8 Å². The van der Waals surface area contributed by atoms with Crippen molar-refractivity contribution in [2.24, 2.45) is 11.8 Å². The van der Waals surface area contributed by atoms with Crippen LogP contribution in [0.4, 0.5) is 5.69 Å². The maximum Gasteiger partial charge on any atom is 0.307 e. The quantitative estimate of drug-likeness (QED) is 0.816. The van der Waals surface area contributed by atoms with Gasteiger partial charge in [-0.2, -0.15) is 0 Å². The second kappa shape index (κ2) is 3.92. The number of nitrogens with zero attached hydrogens (tertiary/aromatic N) is 2. The summed E-state index contributed by atoms with van der Waals surface area (Å²) in [7, 11) is 1.64. The summed E-state index contributed by atoms with van der Waals surface area (Å²) in [4.78, 5) is 27.9. The van der Waals surface area contributed by atoms with Crippen LogP contribution in [0.1, 0.15) is 6.42 Å². The van der Waals surface area contributed by atoms with Crippen molar-refractivity contribution < 1.29 is 14.7 Å². The van der Waals surface area contributed by atoms with Gasteiger partial charge in [0.1, 0.15) is 0 Å². The molecule has 2 rings (SSSR count). The minimum Gasteiger partial charge on any atom is -0.481 e. The van der Waals surface area contributed by atoms with E-state index in [1.54, 1.807) is 31.6 Å². The van der Waals surface area contributed by atoms with E-state index in [1.807, 2.05) is 0 Å². The van der Waals surface area contributed by atoms with Crippen LogP contribution in [0.2, 0.25) is 0 Å². The first-order valence-corrected chi connectivity index (χ1v) is 5.01. The van der Waals surface area contributed by atoms with Crippen LogP contribution in [0.5, 0.6) is 0 Å². The molecular formula is C11H12N2O3. The molecule has 0 spiro atoms. The molecule has 0 saturated heterocycles. The van der Waals surface area contributed by atoms with Gasteiger partial charge >= 0.3 is 5.97 Å². The van der Waals surface area contributed by atoms with Gasteiger partial charge in [-0.05, 0) is 18.6 Å². The van der Waals surface area contributed by atoms with E-state index in [9.17, 15) is 9.59 Å². The van der Waals surface area contributed by atoms with E-state index in [0.717, 1.165) is 0 Å². The maximum absolute atomic E-state index is 11.9. The van der Waals surface area contributed by atoms with Crippen molar-refractivity contribution in [3.63, 3.8) is 0 Å². The van der Waals surface area contributed by atoms with Gasteiger partial charge in [0.05, 0.1) is 23.7 Å². The number of hydrogen-bond donors (Lipinski definition) is 1. The summed E-state index contributed by atoms with van der Waals surface area (Å²) >= 11 is 0. The molecule has 1 aromatic heterocycles. The van der Waals surface area contributed by atoms with Crippen LogP contribution in [0.3, 0.4) is 0 Å². The summed E-state index contributed by atoms with van der Waals surface area (Å²) in [5.41, 5.74) is 0.684. The number of hydrogen-bond acceptors (Lipinski definition) is 3. The Bertz CT molecular complexity index is 418. The van der Waals surface area contributed by atoms with E-state index in [2.05, 4.69) is 4.98 Å². The molecule has 1 N–H and O–H groups in total. The number of carboxylic acids is 1. The molecule has 5 heteroatoms. The Kier molecular flexibility index (Phi) is 2.60. The van der Waals surface area contributed by atoms with Crippen molar-refractivity contribution in [3.8, 4) is 0 Å². The van der Waals surface area contributed by atoms with Gasteiger partial charge in [-0.1, -0.05) is 0 Å². The van der Waals surface area contributed by atoms with E-state index >= 15 is 0 Å². The van der Waals surface area contributed by atoms with Crippen molar-refractivity contribution in [1.29, 1.82) is 0 Å². The lowest BCUT2D eigenvalue weighted by Gasteiger charge is -2.16. The molecule has 0 radical (unpaired) electrons. The summed E-state index contributed by atoms with van der Waals surface area (Å²) in [6.07, 6.45) is 3.65. The third-order valence-electron chi connectivity index (χ3n) is 2.79. The van der Waals surface area contributed by atoms with Gasteiger partial charge in [0.15, 0.2) is 0 Å². The molecular weight excluding hydrogens is 208 g/mol. The molecule has 1 fully saturated rings. The molecule has 1 aliphatic rings. The second-order valence-electron chi connectivity index (χ2n) is 3.90. The number of anilines is 1. The average Bonchev–Trinajstić information content (AvgIpc) is 3.08. The van der Waals surface area contributed by atoms with Gasteiger partial charge in [-0.25, -0.2) is 0 Å². The van der Waals surface area contributed by atoms with Gasteiger partial charge in [0.25, 0.3) is 0 Å². The lowest BCUT2D eigenvalue weighted by atomic mass is 10.2. The Labute approximate surface area is 92.7 Å². The van der Waals surface area contributed by atoms with E-state index in [0.29, 0.717) is 12.1 Å². The minimum absolute atomic E-state index is 0.152. The van der Waals surface area contributed by atoms with Crippen LogP contribution in [-0.2, 0) is 9.59 Å². The molecule has 2 atom stereocenters. The van der Waals surface area contributed by atoms with Crippen LogP contribution in [-0.4, -0.2) is 29.0 Å². The zero-order valence-corrected chi connectivity index (χ0v) is 8.83. The average molecular weight is 220 g/mol. The highest BCUT2D eigenvalue weighted by molar-refractivity contribution is 5.99. The Morgan fingerprint density at radius 1 is 1.50 bits per heavy atom. The van der Waals surface area contributed by atoms with Gasteiger partial charge in [0.2, 0.25) is 5.91 Å². The van der Waals surface area contributed by atoms with Crippen molar-refractivity contribution in [1.82, 2.24) is 4.98 Å². The van der Waals surface area contributed by atoms with Crippen molar-refractivity contribution in [2.75, 3.05) is 11.9 Å². The fourth-order valence-electron chi connectivity index (χ4n) is 1.67. The number of carboxylic acid groups (broad SMARTS) is 1. The monoisotopic (exact) mass is 220 g/mol. The molecule has 16 heavy (non-hydrogen) atoms. The number of carbonyl (C=O) groups excluding carboxylic acids is 1. The largest absolute Gasteiger partial charge is 0.481 e. The number of pyridine rings is 1. The van der Waals surface area contributed by atoms with Crippen molar-refractivity contribution in [3.05, 3.63) is 24.5 Å². The molecule has 0 bridgehead atoms. The predicted octanol–water partition coefficient (Wildman–Crippen LogP) is 0.765. The zero-order chi connectivity index (χ0) is 11.7. The third kappa shape index (κ3) is 1.88. The second-order valence-corrected chi connectivity index (χ2v) is 3.90. The van der Waals surface area contributed by atoms with Crippen LogP contribution >= 0.6 is 0 Å². The SMILES string of the molecule is CN(C(=O)[C@@H]1C[C@@H]1C(=O)O)c1cccnc1. The van der Waals surface area contributed by atoms with Crippen LogP contribution in [0, 0.1) is 11.8 Å². The first-order chi connectivity index (χ1) is 7.61. The number of aliphatic carboxylic acids is 1. The van der Waals surface area contributed by atoms with Gasteiger partial charge in [-0.3, -0.25) is 14.6 Å². The molecule has 1 aliphatic carbocycles. The highest BCUT2D eigenvalue weighted by Crippen LogP contribution is 2.40. The standard InChI is InChI=1S/C11H12N2O3/c1-13(7-3-2-4-12-6-7)10(14)8-5-9(8)11(15)16/h2-4,6,8-9H,5H2,1H3,(H,15,16)/t8-,9+/m1/s1. The molecule has 0 aromatic carbocycles. The van der Waals surface area contributed by atoms with Crippen LogP contribution in [0.15, 0.2) is 24.5 Å². The summed E-state index contributed by atoms with van der Waals surface area (Å²) in [5, 5.41) is 8.74. The molecule has 0 unspecified atom stereocenters. The molecule has 1 saturated carbocycles. The highest BCUT2D eigenvalue weighted by Gasteiger charge is 2.49. The minimum atomic E-state index is -0.891. The molecule has 1 aromatic rings. The summed E-state index contributed by atoms with van der Waals surface area (Å²) in [6.45, 7) is 0. The topological polar surface area (TPSA) is 70.5 Å². The fraction of sp³-hybridized carbons (Fsp3) is 0.364. The molecule has 0 aliphatic heterocycles. The normalized spacial score (nSPS) is 22.6. The van der Waals surface area contributed by atoms with Crippen LogP contribution in [0.25, 0.3) is 0 Å². The first kappa shape index (κ1) is 10.6. The lowest BCUT2D eigenvalue weighted by molar-refractivity contribution is -0.139. The summed E-state index contributed by atoms with van der Waals surface area (Å²) < 4.78 is 0. The Hall–Kier alpha value is -1.91. The zero-order valence-electron chi connectivity index (χ0n) is 8.83. The fourth-order valence-corrected chi connectivity index (χ4v) is 1.67. The van der Waals surface area contributed by atoms with Gasteiger partial charge in [-0.15, -0.1) is 0 Å². The maximum atomic E-state index is 11.9. The first-order valence-electron chi connectivity index (χ1n) is 5.01. The van der Waals surface area contributed by atoms with E-state index in [1.165, 1.54) is 4.90 Å². The van der Waals surface area contributed by atoms with Crippen molar-refractivity contribution in [2.45, 2.75) is 6.42 Å². The smallest absolute Gasteiger partial charge is 0.307 e. The Balaban J connectivity index is 2.04. The number of rotatable bonds is 3. The number of aromatic nitrogens is 1. The van der Waals surface area contributed by atoms with E-state index in [4.69, 9.17) is 5.11 Å². The number of amides is 1. The Morgan fingerprint density at radius 3 is 2.75 bits per heavy atom. The Morgan fingerprint density at radius 2 is 2.25 bits per heavy atom. The summed E-state index contributed by atoms with van der Waals surface area (Å²) in [6, 6.07) is 3.50. The van der Waals surface area contributed by atoms with Crippen LogP contribution < -0.4 is 4.90 Å². The molecule has 84 valence electrons. The highest BCUT2D eigenvalue weighted by atomic mass is 16.4. The predicted molar refractivity (Wildman–Crippen MR) is 56.9 cm³/mol. The summed E-state index contributed by atoms with van der Waals surface area (Å²) in [5.74, 6) is -1.92.